The average molecular weight is 459 g/mol. The van der Waals surface area contributed by atoms with Crippen LogP contribution in [0.25, 0.3) is 22.5 Å². The monoisotopic (exact) mass is 458 g/mol. The molecular formula is C15H9BrFIN2O. The molecule has 106 valence electrons. The van der Waals surface area contributed by atoms with Crippen LogP contribution in [-0.2, 0) is 0 Å². The minimum Gasteiger partial charge on any atom is -0.380 e. The minimum atomic E-state index is -0.291. The molecule has 0 aliphatic carbocycles. The minimum absolute atomic E-state index is 0.291. The van der Waals surface area contributed by atoms with Crippen LogP contribution in [0.4, 0.5) is 10.2 Å². The zero-order valence-corrected chi connectivity index (χ0v) is 14.4. The van der Waals surface area contributed by atoms with Gasteiger partial charge in [0.15, 0.2) is 11.6 Å². The first-order valence-electron chi connectivity index (χ1n) is 6.03. The summed E-state index contributed by atoms with van der Waals surface area (Å²) in [5.74, 6) is 0.562. The number of hydrogen-bond acceptors (Lipinski definition) is 3. The van der Waals surface area contributed by atoms with Gasteiger partial charge in [0.25, 0.3) is 0 Å². The van der Waals surface area contributed by atoms with E-state index in [-0.39, 0.29) is 5.82 Å². The molecule has 0 bridgehead atoms. The van der Waals surface area contributed by atoms with Crippen molar-refractivity contribution >= 4 is 44.3 Å². The van der Waals surface area contributed by atoms with Crippen LogP contribution in [-0.4, -0.2) is 5.16 Å². The maximum atomic E-state index is 13.3. The lowest BCUT2D eigenvalue weighted by Crippen LogP contribution is -1.90. The van der Waals surface area contributed by atoms with Crippen molar-refractivity contribution in [3.05, 3.63) is 56.3 Å². The molecular weight excluding hydrogens is 450 g/mol. The van der Waals surface area contributed by atoms with Gasteiger partial charge in [-0.3, -0.25) is 0 Å². The topological polar surface area (TPSA) is 52.0 Å². The van der Waals surface area contributed by atoms with E-state index in [1.807, 2.05) is 24.3 Å². The Kier molecular flexibility index (Phi) is 3.99. The van der Waals surface area contributed by atoms with Crippen molar-refractivity contribution < 1.29 is 8.91 Å². The lowest BCUT2D eigenvalue weighted by atomic mass is 10.0. The second-order valence-corrected chi connectivity index (χ2v) is 6.48. The molecule has 0 saturated carbocycles. The van der Waals surface area contributed by atoms with E-state index in [9.17, 15) is 4.39 Å². The fourth-order valence-corrected chi connectivity index (χ4v) is 3.04. The van der Waals surface area contributed by atoms with E-state index >= 15 is 0 Å². The van der Waals surface area contributed by atoms with Crippen LogP contribution in [0.15, 0.2) is 51.5 Å². The average Bonchev–Trinajstić information content (AvgIpc) is 2.82. The SMILES string of the molecule is Nc1noc(-c2ccc(F)cc2I)c1-c1ccc(Br)cc1. The molecule has 2 aromatic carbocycles. The van der Waals surface area contributed by atoms with Gasteiger partial charge < -0.3 is 10.3 Å². The summed E-state index contributed by atoms with van der Waals surface area (Å²) < 4.78 is 20.3. The van der Waals surface area contributed by atoms with E-state index in [4.69, 9.17) is 10.3 Å². The first-order valence-corrected chi connectivity index (χ1v) is 7.90. The molecule has 0 amide bonds. The third kappa shape index (κ3) is 2.82. The van der Waals surface area contributed by atoms with Crippen LogP contribution in [0.1, 0.15) is 0 Å². The van der Waals surface area contributed by atoms with Gasteiger partial charge in [0, 0.05) is 13.6 Å². The highest BCUT2D eigenvalue weighted by Crippen LogP contribution is 2.38. The standard InChI is InChI=1S/C15H9BrFIN2O/c16-9-3-1-8(2-4-9)13-14(21-20-15(13)19)11-6-5-10(17)7-12(11)18/h1-7H,(H2,19,20). The Morgan fingerprint density at radius 3 is 2.52 bits per heavy atom. The number of anilines is 1. The Hall–Kier alpha value is -1.41. The number of nitrogen functional groups attached to an aromatic ring is 1. The van der Waals surface area contributed by atoms with Crippen molar-refractivity contribution in [2.24, 2.45) is 0 Å². The van der Waals surface area contributed by atoms with Gasteiger partial charge in [-0.2, -0.15) is 0 Å². The van der Waals surface area contributed by atoms with Crippen molar-refractivity contribution in [3.8, 4) is 22.5 Å². The van der Waals surface area contributed by atoms with Crippen LogP contribution in [0.2, 0.25) is 0 Å². The van der Waals surface area contributed by atoms with Crippen LogP contribution in [0.5, 0.6) is 0 Å². The van der Waals surface area contributed by atoms with Gasteiger partial charge in [-0.15, -0.1) is 0 Å². The third-order valence-corrected chi connectivity index (χ3v) is 4.45. The van der Waals surface area contributed by atoms with Gasteiger partial charge in [0.1, 0.15) is 5.82 Å². The molecule has 1 heterocycles. The molecule has 3 nitrogen and oxygen atoms in total. The van der Waals surface area contributed by atoms with E-state index in [1.165, 1.54) is 12.1 Å². The lowest BCUT2D eigenvalue weighted by Gasteiger charge is -2.05. The largest absolute Gasteiger partial charge is 0.380 e. The fraction of sp³-hybridized carbons (Fsp3) is 0. The van der Waals surface area contributed by atoms with Gasteiger partial charge in [0.2, 0.25) is 0 Å². The summed E-state index contributed by atoms with van der Waals surface area (Å²) in [6, 6.07) is 12.2. The molecule has 3 rings (SSSR count). The highest BCUT2D eigenvalue weighted by atomic mass is 127. The number of benzene rings is 2. The Morgan fingerprint density at radius 1 is 1.14 bits per heavy atom. The Morgan fingerprint density at radius 2 is 1.86 bits per heavy atom. The van der Waals surface area contributed by atoms with Crippen LogP contribution < -0.4 is 5.73 Å². The summed E-state index contributed by atoms with van der Waals surface area (Å²) in [6.07, 6.45) is 0. The first kappa shape index (κ1) is 14.5. The van der Waals surface area contributed by atoms with E-state index in [1.54, 1.807) is 6.07 Å². The second-order valence-electron chi connectivity index (χ2n) is 4.40. The third-order valence-electron chi connectivity index (χ3n) is 3.03. The van der Waals surface area contributed by atoms with E-state index < -0.39 is 0 Å². The summed E-state index contributed by atoms with van der Waals surface area (Å²) in [5, 5.41) is 3.85. The van der Waals surface area contributed by atoms with E-state index in [0.29, 0.717) is 17.1 Å². The van der Waals surface area contributed by atoms with Gasteiger partial charge in [-0.05, 0) is 58.5 Å². The summed E-state index contributed by atoms with van der Waals surface area (Å²) in [5.41, 5.74) is 8.31. The zero-order chi connectivity index (χ0) is 15.0. The first-order chi connectivity index (χ1) is 10.1. The van der Waals surface area contributed by atoms with Gasteiger partial charge in [-0.1, -0.05) is 33.2 Å². The molecule has 0 aliphatic heterocycles. The Labute approximate surface area is 142 Å². The molecule has 6 heteroatoms. The summed E-state index contributed by atoms with van der Waals surface area (Å²) >= 11 is 5.46. The summed E-state index contributed by atoms with van der Waals surface area (Å²) in [7, 11) is 0. The number of nitrogens with two attached hydrogens (primary N) is 1. The van der Waals surface area contributed by atoms with Gasteiger partial charge in [0.05, 0.1) is 5.56 Å². The molecule has 3 aromatic rings. The number of hydrogen-bond donors (Lipinski definition) is 1. The van der Waals surface area contributed by atoms with Crippen molar-refractivity contribution in [2.45, 2.75) is 0 Å². The normalized spacial score (nSPS) is 10.8. The molecule has 0 fully saturated rings. The van der Waals surface area contributed by atoms with Gasteiger partial charge in [-0.25, -0.2) is 4.39 Å². The van der Waals surface area contributed by atoms with Crippen molar-refractivity contribution in [1.29, 1.82) is 0 Å². The van der Waals surface area contributed by atoms with Crippen molar-refractivity contribution in [2.75, 3.05) is 5.73 Å². The molecule has 0 spiro atoms. The molecule has 0 atom stereocenters. The Balaban J connectivity index is 2.19. The number of halogens is 3. The molecule has 0 radical (unpaired) electrons. The molecule has 0 unspecified atom stereocenters. The second kappa shape index (κ2) is 5.76. The number of nitrogens with zero attached hydrogens (tertiary/aromatic N) is 1. The molecule has 1 aromatic heterocycles. The van der Waals surface area contributed by atoms with E-state index in [0.717, 1.165) is 19.2 Å². The molecule has 21 heavy (non-hydrogen) atoms. The van der Waals surface area contributed by atoms with E-state index in [2.05, 4.69) is 43.7 Å². The van der Waals surface area contributed by atoms with Crippen LogP contribution >= 0.6 is 38.5 Å². The van der Waals surface area contributed by atoms with Gasteiger partial charge >= 0.3 is 0 Å². The van der Waals surface area contributed by atoms with Crippen molar-refractivity contribution in [3.63, 3.8) is 0 Å². The molecule has 2 N–H and O–H groups in total. The quantitative estimate of drug-likeness (QED) is 0.543. The predicted octanol–water partition coefficient (Wildman–Crippen LogP) is 5.10. The smallest absolute Gasteiger partial charge is 0.177 e. The molecule has 0 aliphatic rings. The maximum absolute atomic E-state index is 13.3. The fourth-order valence-electron chi connectivity index (χ4n) is 2.06. The number of aromatic nitrogens is 1. The lowest BCUT2D eigenvalue weighted by molar-refractivity contribution is 0.436. The predicted molar refractivity (Wildman–Crippen MR) is 92.2 cm³/mol. The zero-order valence-electron chi connectivity index (χ0n) is 10.6. The molecule has 0 saturated heterocycles. The summed E-state index contributed by atoms with van der Waals surface area (Å²) in [4.78, 5) is 0. The number of rotatable bonds is 2. The Bertz CT molecular complexity index is 802. The highest BCUT2D eigenvalue weighted by Gasteiger charge is 2.19. The van der Waals surface area contributed by atoms with Crippen LogP contribution in [0, 0.1) is 9.39 Å². The maximum Gasteiger partial charge on any atom is 0.177 e. The van der Waals surface area contributed by atoms with Crippen LogP contribution in [0.3, 0.4) is 0 Å². The summed E-state index contributed by atoms with van der Waals surface area (Å²) in [6.45, 7) is 0. The highest BCUT2D eigenvalue weighted by molar-refractivity contribution is 14.1. The van der Waals surface area contributed by atoms with Crippen molar-refractivity contribution in [1.82, 2.24) is 5.16 Å².